The van der Waals surface area contributed by atoms with E-state index in [9.17, 15) is 4.79 Å². The van der Waals surface area contributed by atoms with E-state index in [4.69, 9.17) is 5.73 Å². The average molecular weight is 352 g/mol. The first-order valence-electron chi connectivity index (χ1n) is 9.18. The van der Waals surface area contributed by atoms with Gasteiger partial charge in [-0.2, -0.15) is 0 Å². The summed E-state index contributed by atoms with van der Waals surface area (Å²) in [6.07, 6.45) is 0. The number of hydrogen-bond acceptors (Lipinski definition) is 4. The number of nitrogens with zero attached hydrogens (tertiary/aromatic N) is 2. The van der Waals surface area contributed by atoms with E-state index >= 15 is 0 Å². The van der Waals surface area contributed by atoms with Crippen LogP contribution >= 0.6 is 0 Å². The van der Waals surface area contributed by atoms with Crippen LogP contribution in [0.1, 0.15) is 35.7 Å². The maximum Gasteiger partial charge on any atom is 0.255 e. The molecule has 1 aliphatic heterocycles. The van der Waals surface area contributed by atoms with Crippen LogP contribution in [0.4, 0.5) is 17.1 Å². The molecule has 0 unspecified atom stereocenters. The highest BCUT2D eigenvalue weighted by Crippen LogP contribution is 2.27. The van der Waals surface area contributed by atoms with E-state index in [1.807, 2.05) is 42.5 Å². The van der Waals surface area contributed by atoms with E-state index in [2.05, 4.69) is 36.0 Å². The van der Waals surface area contributed by atoms with Crippen LogP contribution in [-0.4, -0.2) is 44.0 Å². The van der Waals surface area contributed by atoms with Gasteiger partial charge < -0.3 is 20.9 Å². The van der Waals surface area contributed by atoms with Crippen molar-refractivity contribution < 1.29 is 4.79 Å². The van der Waals surface area contributed by atoms with Crippen LogP contribution in [0.15, 0.2) is 42.5 Å². The summed E-state index contributed by atoms with van der Waals surface area (Å²) >= 11 is 0. The summed E-state index contributed by atoms with van der Waals surface area (Å²) in [5.41, 5.74) is 10.6. The number of anilines is 3. The maximum atomic E-state index is 12.5. The van der Waals surface area contributed by atoms with Crippen LogP contribution in [0.2, 0.25) is 0 Å². The second-order valence-corrected chi connectivity index (χ2v) is 7.29. The molecule has 1 heterocycles. The third kappa shape index (κ3) is 4.17. The molecule has 1 amide bonds. The highest BCUT2D eigenvalue weighted by molar-refractivity contribution is 6.04. The average Bonchev–Trinajstić information content (AvgIpc) is 2.63. The maximum absolute atomic E-state index is 12.5. The Bertz CT molecular complexity index is 762. The fraction of sp³-hybridized carbons (Fsp3) is 0.381. The molecule has 0 bridgehead atoms. The molecule has 0 aliphatic carbocycles. The highest BCUT2D eigenvalue weighted by atomic mass is 16.1. The molecule has 0 aromatic heterocycles. The fourth-order valence-electron chi connectivity index (χ4n) is 3.19. The van der Waals surface area contributed by atoms with Gasteiger partial charge in [-0.05, 0) is 48.9 Å². The second kappa shape index (κ2) is 7.79. The van der Waals surface area contributed by atoms with Crippen LogP contribution < -0.4 is 16.0 Å². The van der Waals surface area contributed by atoms with Crippen LogP contribution in [0, 0.1) is 0 Å². The molecule has 1 aliphatic rings. The number of amides is 1. The van der Waals surface area contributed by atoms with E-state index in [1.165, 1.54) is 5.56 Å². The van der Waals surface area contributed by atoms with Crippen molar-refractivity contribution in [2.24, 2.45) is 0 Å². The van der Waals surface area contributed by atoms with Gasteiger partial charge >= 0.3 is 0 Å². The predicted molar refractivity (Wildman–Crippen MR) is 109 cm³/mol. The Hall–Kier alpha value is -2.53. The molecule has 0 radical (unpaired) electrons. The highest BCUT2D eigenvalue weighted by Gasteiger charge is 2.17. The van der Waals surface area contributed by atoms with E-state index in [1.54, 1.807) is 0 Å². The SMILES string of the molecule is CC(C)c1ccc(C(=O)Nc2ccc(N3CCN(C)CC3)c(N)c2)cc1. The minimum atomic E-state index is -0.118. The quantitative estimate of drug-likeness (QED) is 0.828. The van der Waals surface area contributed by atoms with E-state index in [-0.39, 0.29) is 5.91 Å². The molecule has 5 nitrogen and oxygen atoms in total. The van der Waals surface area contributed by atoms with Crippen molar-refractivity contribution in [1.82, 2.24) is 4.90 Å². The van der Waals surface area contributed by atoms with Gasteiger partial charge in [0.2, 0.25) is 0 Å². The first-order chi connectivity index (χ1) is 12.4. The minimum Gasteiger partial charge on any atom is -0.397 e. The Morgan fingerprint density at radius 2 is 1.69 bits per heavy atom. The third-order valence-electron chi connectivity index (χ3n) is 4.97. The Morgan fingerprint density at radius 1 is 1.04 bits per heavy atom. The molecule has 3 rings (SSSR count). The van der Waals surface area contributed by atoms with Crippen molar-refractivity contribution in [3.63, 3.8) is 0 Å². The van der Waals surface area contributed by atoms with Gasteiger partial charge in [0.25, 0.3) is 5.91 Å². The lowest BCUT2D eigenvalue weighted by Crippen LogP contribution is -2.44. The first-order valence-corrected chi connectivity index (χ1v) is 9.18. The summed E-state index contributed by atoms with van der Waals surface area (Å²) in [6, 6.07) is 13.5. The third-order valence-corrected chi connectivity index (χ3v) is 4.97. The molecule has 0 spiro atoms. The number of hydrogen-bond donors (Lipinski definition) is 2. The topological polar surface area (TPSA) is 61.6 Å². The fourth-order valence-corrected chi connectivity index (χ4v) is 3.19. The monoisotopic (exact) mass is 352 g/mol. The summed E-state index contributed by atoms with van der Waals surface area (Å²) in [5.74, 6) is 0.334. The lowest BCUT2D eigenvalue weighted by atomic mass is 10.0. The van der Waals surface area contributed by atoms with Gasteiger partial charge in [0.15, 0.2) is 0 Å². The van der Waals surface area contributed by atoms with E-state index < -0.39 is 0 Å². The molecule has 0 saturated carbocycles. The number of nitrogens with one attached hydrogen (secondary N) is 1. The van der Waals surface area contributed by atoms with Crippen molar-refractivity contribution in [3.8, 4) is 0 Å². The van der Waals surface area contributed by atoms with Gasteiger partial charge in [0.05, 0.1) is 11.4 Å². The van der Waals surface area contributed by atoms with Crippen molar-refractivity contribution in [2.45, 2.75) is 19.8 Å². The smallest absolute Gasteiger partial charge is 0.255 e. The summed E-state index contributed by atoms with van der Waals surface area (Å²) < 4.78 is 0. The second-order valence-electron chi connectivity index (χ2n) is 7.29. The molecule has 1 saturated heterocycles. The number of benzene rings is 2. The molecule has 5 heteroatoms. The van der Waals surface area contributed by atoms with Gasteiger partial charge in [0.1, 0.15) is 0 Å². The Labute approximate surface area is 155 Å². The number of nitrogens with two attached hydrogens (primary N) is 1. The lowest BCUT2D eigenvalue weighted by Gasteiger charge is -2.34. The number of rotatable bonds is 4. The summed E-state index contributed by atoms with van der Waals surface area (Å²) in [4.78, 5) is 17.1. The zero-order valence-electron chi connectivity index (χ0n) is 15.8. The summed E-state index contributed by atoms with van der Waals surface area (Å²) in [5, 5.41) is 2.94. The van der Waals surface area contributed by atoms with Crippen LogP contribution in [-0.2, 0) is 0 Å². The molecule has 1 fully saturated rings. The lowest BCUT2D eigenvalue weighted by molar-refractivity contribution is 0.102. The van der Waals surface area contributed by atoms with Gasteiger partial charge in [-0.15, -0.1) is 0 Å². The molecule has 26 heavy (non-hydrogen) atoms. The molecule has 3 N–H and O–H groups in total. The summed E-state index contributed by atoms with van der Waals surface area (Å²) in [6.45, 7) is 8.28. The Balaban J connectivity index is 1.68. The number of likely N-dealkylation sites (N-methyl/N-ethyl adjacent to an activating group) is 1. The zero-order chi connectivity index (χ0) is 18.7. The van der Waals surface area contributed by atoms with Gasteiger partial charge in [-0.25, -0.2) is 0 Å². The first kappa shape index (κ1) is 18.3. The number of carbonyl (C=O) groups excluding carboxylic acids is 1. The van der Waals surface area contributed by atoms with Crippen molar-refractivity contribution in [3.05, 3.63) is 53.6 Å². The van der Waals surface area contributed by atoms with E-state index in [0.29, 0.717) is 17.2 Å². The van der Waals surface area contributed by atoms with E-state index in [0.717, 1.165) is 37.6 Å². The number of nitrogen functional groups attached to an aromatic ring is 1. The van der Waals surface area contributed by atoms with Crippen LogP contribution in [0.25, 0.3) is 0 Å². The largest absolute Gasteiger partial charge is 0.397 e. The van der Waals surface area contributed by atoms with Gasteiger partial charge in [0, 0.05) is 37.4 Å². The van der Waals surface area contributed by atoms with Crippen molar-refractivity contribution in [1.29, 1.82) is 0 Å². The Kier molecular flexibility index (Phi) is 5.47. The van der Waals surface area contributed by atoms with Gasteiger partial charge in [-0.1, -0.05) is 26.0 Å². The molecular formula is C21H28N4O. The number of piperazine rings is 1. The molecular weight excluding hydrogens is 324 g/mol. The van der Waals surface area contributed by atoms with Crippen molar-refractivity contribution in [2.75, 3.05) is 49.2 Å². The molecule has 138 valence electrons. The Morgan fingerprint density at radius 3 is 2.27 bits per heavy atom. The standard InChI is InChI=1S/C21H28N4O/c1-15(2)16-4-6-17(7-5-16)21(26)23-18-8-9-20(19(22)14-18)25-12-10-24(3)11-13-25/h4-9,14-15H,10-13,22H2,1-3H3,(H,23,26). The molecule has 2 aromatic rings. The molecule has 0 atom stereocenters. The predicted octanol–water partition coefficient (Wildman–Crippen LogP) is 3.40. The van der Waals surface area contributed by atoms with Crippen LogP contribution in [0.3, 0.4) is 0 Å². The van der Waals surface area contributed by atoms with Gasteiger partial charge in [-0.3, -0.25) is 4.79 Å². The van der Waals surface area contributed by atoms with Crippen LogP contribution in [0.5, 0.6) is 0 Å². The molecule has 2 aromatic carbocycles. The van der Waals surface area contributed by atoms with Crippen molar-refractivity contribution >= 4 is 23.0 Å². The number of carbonyl (C=O) groups is 1. The normalized spacial score (nSPS) is 15.3. The minimum absolute atomic E-state index is 0.118. The zero-order valence-corrected chi connectivity index (χ0v) is 15.8. The summed E-state index contributed by atoms with van der Waals surface area (Å²) in [7, 11) is 2.13.